The lowest BCUT2D eigenvalue weighted by atomic mass is 10.2. The average molecular weight is 379 g/mol. The van der Waals surface area contributed by atoms with Crippen LogP contribution in [0.15, 0.2) is 59.3 Å². The molecule has 0 aliphatic rings. The molecule has 0 saturated heterocycles. The third-order valence-corrected chi connectivity index (χ3v) is 3.20. The Morgan fingerprint density at radius 1 is 1.04 bits per heavy atom. The summed E-state index contributed by atoms with van der Waals surface area (Å²) in [5, 5.41) is 9.85. The minimum atomic E-state index is -4.77. The van der Waals surface area contributed by atoms with Crippen molar-refractivity contribution in [1.82, 2.24) is 10.2 Å². The molecule has 0 unspecified atom stereocenters. The van der Waals surface area contributed by atoms with Gasteiger partial charge in [-0.2, -0.15) is 0 Å². The summed E-state index contributed by atoms with van der Waals surface area (Å²) in [5.41, 5.74) is 1.01. The Morgan fingerprint density at radius 2 is 1.70 bits per heavy atom. The van der Waals surface area contributed by atoms with Crippen LogP contribution >= 0.6 is 0 Å². The zero-order chi connectivity index (χ0) is 19.3. The van der Waals surface area contributed by atoms with Crippen molar-refractivity contribution < 1.29 is 31.9 Å². The van der Waals surface area contributed by atoms with Gasteiger partial charge < -0.3 is 19.2 Å². The van der Waals surface area contributed by atoms with Crippen molar-refractivity contribution in [2.24, 2.45) is 0 Å². The standard InChI is InChI=1S/C17H12F3N3O4/c18-17(19,20)27-14-7-3-12(4-8-14)22-15(24)9-25-13-5-1-11(2-6-13)16-23-21-10-26-16/h1-8,10H,9H2,(H,22,24). The van der Waals surface area contributed by atoms with E-state index in [0.29, 0.717) is 22.9 Å². The topological polar surface area (TPSA) is 86.5 Å². The molecule has 1 heterocycles. The Morgan fingerprint density at radius 3 is 2.30 bits per heavy atom. The van der Waals surface area contributed by atoms with Crippen molar-refractivity contribution in [3.05, 3.63) is 54.9 Å². The second kappa shape index (κ2) is 7.77. The normalized spacial score (nSPS) is 11.1. The van der Waals surface area contributed by atoms with E-state index in [-0.39, 0.29) is 12.4 Å². The summed E-state index contributed by atoms with van der Waals surface area (Å²) in [7, 11) is 0. The zero-order valence-electron chi connectivity index (χ0n) is 13.6. The highest BCUT2D eigenvalue weighted by molar-refractivity contribution is 5.91. The number of ether oxygens (including phenoxy) is 2. The van der Waals surface area contributed by atoms with Gasteiger partial charge >= 0.3 is 6.36 Å². The number of benzene rings is 2. The molecule has 1 N–H and O–H groups in total. The Labute approximate surface area is 150 Å². The number of halogens is 3. The molecule has 140 valence electrons. The first-order chi connectivity index (χ1) is 12.9. The van der Waals surface area contributed by atoms with Gasteiger partial charge in [0.2, 0.25) is 12.3 Å². The van der Waals surface area contributed by atoms with Gasteiger partial charge in [0.1, 0.15) is 11.5 Å². The summed E-state index contributed by atoms with van der Waals surface area (Å²) in [4.78, 5) is 11.9. The first-order valence-electron chi connectivity index (χ1n) is 7.54. The number of nitrogens with one attached hydrogen (secondary N) is 1. The van der Waals surface area contributed by atoms with Crippen LogP contribution in [0.25, 0.3) is 11.5 Å². The second-order valence-corrected chi connectivity index (χ2v) is 5.18. The van der Waals surface area contributed by atoms with Crippen molar-refractivity contribution in [2.75, 3.05) is 11.9 Å². The number of nitrogens with zero attached hydrogens (tertiary/aromatic N) is 2. The van der Waals surface area contributed by atoms with Crippen LogP contribution in [-0.2, 0) is 4.79 Å². The Kier molecular flexibility index (Phi) is 5.25. The van der Waals surface area contributed by atoms with E-state index in [4.69, 9.17) is 9.15 Å². The smallest absolute Gasteiger partial charge is 0.484 e. The van der Waals surface area contributed by atoms with Gasteiger partial charge in [-0.05, 0) is 48.5 Å². The van der Waals surface area contributed by atoms with Gasteiger partial charge in [0.15, 0.2) is 6.61 Å². The highest BCUT2D eigenvalue weighted by Crippen LogP contribution is 2.24. The molecule has 1 aromatic heterocycles. The van der Waals surface area contributed by atoms with Gasteiger partial charge in [0.25, 0.3) is 5.91 Å². The van der Waals surface area contributed by atoms with Crippen LogP contribution in [0.5, 0.6) is 11.5 Å². The summed E-state index contributed by atoms with van der Waals surface area (Å²) >= 11 is 0. The maximum Gasteiger partial charge on any atom is 0.573 e. The lowest BCUT2D eigenvalue weighted by Gasteiger charge is -2.10. The fraction of sp³-hybridized carbons (Fsp3) is 0.118. The van der Waals surface area contributed by atoms with Crippen LogP contribution < -0.4 is 14.8 Å². The van der Waals surface area contributed by atoms with Gasteiger partial charge in [0.05, 0.1) is 0 Å². The molecule has 10 heteroatoms. The summed E-state index contributed by atoms with van der Waals surface area (Å²) in [5.74, 6) is -0.0434. The molecular formula is C17H12F3N3O4. The third kappa shape index (κ3) is 5.46. The fourth-order valence-corrected chi connectivity index (χ4v) is 2.08. The number of anilines is 1. The number of carbonyl (C=O) groups excluding carboxylic acids is 1. The van der Waals surface area contributed by atoms with E-state index in [1.807, 2.05) is 0 Å². The molecule has 0 saturated carbocycles. The van der Waals surface area contributed by atoms with Gasteiger partial charge in [-0.1, -0.05) is 0 Å². The minimum Gasteiger partial charge on any atom is -0.484 e. The van der Waals surface area contributed by atoms with Gasteiger partial charge in [-0.25, -0.2) is 0 Å². The predicted molar refractivity (Wildman–Crippen MR) is 87.0 cm³/mol. The van der Waals surface area contributed by atoms with Crippen LogP contribution in [0.2, 0.25) is 0 Å². The zero-order valence-corrected chi connectivity index (χ0v) is 13.6. The van der Waals surface area contributed by atoms with Crippen molar-refractivity contribution in [3.63, 3.8) is 0 Å². The molecule has 2 aromatic carbocycles. The molecule has 0 aliphatic carbocycles. The first kappa shape index (κ1) is 18.2. The quantitative estimate of drug-likeness (QED) is 0.704. The van der Waals surface area contributed by atoms with E-state index >= 15 is 0 Å². The van der Waals surface area contributed by atoms with E-state index in [2.05, 4.69) is 20.3 Å². The number of alkyl halides is 3. The van der Waals surface area contributed by atoms with Crippen molar-refractivity contribution in [2.45, 2.75) is 6.36 Å². The SMILES string of the molecule is O=C(COc1ccc(-c2nnco2)cc1)Nc1ccc(OC(F)(F)F)cc1. The molecule has 0 radical (unpaired) electrons. The molecule has 27 heavy (non-hydrogen) atoms. The summed E-state index contributed by atoms with van der Waals surface area (Å²) in [6, 6.07) is 11.4. The van der Waals surface area contributed by atoms with Crippen molar-refractivity contribution in [1.29, 1.82) is 0 Å². The van der Waals surface area contributed by atoms with Crippen LogP contribution in [0, 0.1) is 0 Å². The monoisotopic (exact) mass is 379 g/mol. The highest BCUT2D eigenvalue weighted by atomic mass is 19.4. The third-order valence-electron chi connectivity index (χ3n) is 3.20. The van der Waals surface area contributed by atoms with E-state index in [1.54, 1.807) is 24.3 Å². The molecule has 0 fully saturated rings. The van der Waals surface area contributed by atoms with Crippen molar-refractivity contribution >= 4 is 11.6 Å². The van der Waals surface area contributed by atoms with Crippen LogP contribution in [-0.4, -0.2) is 29.1 Å². The van der Waals surface area contributed by atoms with Crippen LogP contribution in [0.3, 0.4) is 0 Å². The van der Waals surface area contributed by atoms with Crippen LogP contribution in [0.1, 0.15) is 0 Å². The largest absolute Gasteiger partial charge is 0.573 e. The average Bonchev–Trinajstić information content (AvgIpc) is 3.16. The molecule has 0 spiro atoms. The maximum atomic E-state index is 12.1. The Balaban J connectivity index is 1.49. The molecule has 1 amide bonds. The number of carbonyl (C=O) groups is 1. The summed E-state index contributed by atoms with van der Waals surface area (Å²) < 4.78 is 50.5. The first-order valence-corrected chi connectivity index (χ1v) is 7.54. The van der Waals surface area contributed by atoms with E-state index in [0.717, 1.165) is 12.1 Å². The number of amides is 1. The molecule has 3 aromatic rings. The summed E-state index contributed by atoms with van der Waals surface area (Å²) in [6.45, 7) is -0.277. The molecule has 3 rings (SSSR count). The maximum absolute atomic E-state index is 12.1. The Bertz CT molecular complexity index is 879. The predicted octanol–water partition coefficient (Wildman–Crippen LogP) is 3.65. The second-order valence-electron chi connectivity index (χ2n) is 5.18. The fourth-order valence-electron chi connectivity index (χ4n) is 2.08. The molecular weight excluding hydrogens is 367 g/mol. The molecule has 7 nitrogen and oxygen atoms in total. The van der Waals surface area contributed by atoms with E-state index in [9.17, 15) is 18.0 Å². The molecule has 0 aliphatic heterocycles. The number of hydrogen-bond acceptors (Lipinski definition) is 6. The summed E-state index contributed by atoms with van der Waals surface area (Å²) in [6.07, 6.45) is -3.55. The number of rotatable bonds is 6. The molecule has 0 atom stereocenters. The van der Waals surface area contributed by atoms with E-state index in [1.165, 1.54) is 18.5 Å². The lowest BCUT2D eigenvalue weighted by molar-refractivity contribution is -0.274. The van der Waals surface area contributed by atoms with E-state index < -0.39 is 12.3 Å². The minimum absolute atomic E-state index is 0.277. The number of hydrogen-bond donors (Lipinski definition) is 1. The Hall–Kier alpha value is -3.56. The van der Waals surface area contributed by atoms with Crippen LogP contribution in [0.4, 0.5) is 18.9 Å². The van der Waals surface area contributed by atoms with Gasteiger partial charge in [-0.3, -0.25) is 4.79 Å². The van der Waals surface area contributed by atoms with Crippen molar-refractivity contribution in [3.8, 4) is 23.0 Å². The highest BCUT2D eigenvalue weighted by Gasteiger charge is 2.30. The van der Waals surface area contributed by atoms with Gasteiger partial charge in [-0.15, -0.1) is 23.4 Å². The van der Waals surface area contributed by atoms with Gasteiger partial charge in [0, 0.05) is 11.3 Å². The lowest BCUT2D eigenvalue weighted by Crippen LogP contribution is -2.20. The number of aromatic nitrogens is 2. The molecule has 0 bridgehead atoms.